The molecule has 0 radical (unpaired) electrons. The van der Waals surface area contributed by atoms with Crippen molar-refractivity contribution in [1.29, 1.82) is 0 Å². The number of hydrogen-bond acceptors (Lipinski definition) is 3. The summed E-state index contributed by atoms with van der Waals surface area (Å²) >= 11 is 0. The van der Waals surface area contributed by atoms with Crippen molar-refractivity contribution in [2.75, 3.05) is 0 Å². The number of esters is 1. The molecule has 0 atom stereocenters. The van der Waals surface area contributed by atoms with Gasteiger partial charge >= 0.3 is 11.9 Å². The highest BCUT2D eigenvalue weighted by Gasteiger charge is 2.54. The number of carbonyl (C=O) groups is 2. The van der Waals surface area contributed by atoms with Gasteiger partial charge in [-0.1, -0.05) is 6.58 Å². The van der Waals surface area contributed by atoms with Gasteiger partial charge in [0.1, 0.15) is 0 Å². The fourth-order valence-electron chi connectivity index (χ4n) is 0.807. The minimum absolute atomic E-state index is 0.00225. The summed E-state index contributed by atoms with van der Waals surface area (Å²) in [6.45, 7) is 7.31. The van der Waals surface area contributed by atoms with Gasteiger partial charge in [0.2, 0.25) is 5.78 Å². The van der Waals surface area contributed by atoms with Gasteiger partial charge in [-0.15, -0.1) is 0 Å². The third-order valence-electron chi connectivity index (χ3n) is 1.89. The molecule has 0 amide bonds. The summed E-state index contributed by atoms with van der Waals surface area (Å²) in [6.07, 6.45) is 0. The monoisotopic (exact) mass is 220 g/mol. The zero-order valence-corrected chi connectivity index (χ0v) is 9.19. The minimum atomic E-state index is -3.71. The molecule has 15 heavy (non-hydrogen) atoms. The summed E-state index contributed by atoms with van der Waals surface area (Å²) in [5, 5.41) is 0. The van der Waals surface area contributed by atoms with E-state index in [1.54, 1.807) is 0 Å². The van der Waals surface area contributed by atoms with Gasteiger partial charge in [0.15, 0.2) is 5.60 Å². The number of Topliss-reactive ketones (excluding diaryl/α,β-unsaturated/α-hetero) is 1. The highest BCUT2D eigenvalue weighted by molar-refractivity contribution is 5.89. The number of halogens is 2. The molecular weight excluding hydrogens is 206 g/mol. The number of ether oxygens (including phenoxy) is 1. The molecule has 0 aromatic carbocycles. The van der Waals surface area contributed by atoms with Crippen molar-refractivity contribution in [3.8, 4) is 0 Å². The lowest BCUT2D eigenvalue weighted by Crippen LogP contribution is -2.51. The largest absolute Gasteiger partial charge is 0.449 e. The molecule has 0 unspecified atom stereocenters. The van der Waals surface area contributed by atoms with E-state index in [-0.39, 0.29) is 5.57 Å². The molecule has 0 saturated heterocycles. The first-order valence-corrected chi connectivity index (χ1v) is 4.30. The van der Waals surface area contributed by atoms with Crippen LogP contribution in [0.4, 0.5) is 8.78 Å². The highest BCUT2D eigenvalue weighted by atomic mass is 19.3. The minimum Gasteiger partial charge on any atom is -0.449 e. The lowest BCUT2D eigenvalue weighted by atomic mass is 9.97. The van der Waals surface area contributed by atoms with E-state index >= 15 is 0 Å². The number of rotatable bonds is 4. The van der Waals surface area contributed by atoms with Crippen molar-refractivity contribution in [3.05, 3.63) is 12.2 Å². The van der Waals surface area contributed by atoms with Gasteiger partial charge in [-0.05, 0) is 20.8 Å². The summed E-state index contributed by atoms with van der Waals surface area (Å²) in [6, 6.07) is 0. The Kier molecular flexibility index (Phi) is 3.74. The Hall–Kier alpha value is -1.26. The van der Waals surface area contributed by atoms with Crippen LogP contribution < -0.4 is 0 Å². The Balaban J connectivity index is 4.91. The molecular formula is C10H14F2O3. The smallest absolute Gasteiger partial charge is 0.343 e. The number of ketones is 1. The Morgan fingerprint density at radius 3 is 1.87 bits per heavy atom. The molecule has 3 nitrogen and oxygen atoms in total. The van der Waals surface area contributed by atoms with Crippen LogP contribution in [0.2, 0.25) is 0 Å². The Morgan fingerprint density at radius 2 is 1.60 bits per heavy atom. The predicted molar refractivity (Wildman–Crippen MR) is 50.6 cm³/mol. The first-order chi connectivity index (χ1) is 6.52. The van der Waals surface area contributed by atoms with Crippen molar-refractivity contribution < 1.29 is 23.1 Å². The third kappa shape index (κ3) is 2.84. The normalized spacial score (nSPS) is 12.1. The van der Waals surface area contributed by atoms with Crippen molar-refractivity contribution in [1.82, 2.24) is 0 Å². The second-order valence-corrected chi connectivity index (χ2v) is 3.81. The molecule has 0 fully saturated rings. The predicted octanol–water partition coefficient (Wildman–Crippen LogP) is 2.11. The van der Waals surface area contributed by atoms with Crippen LogP contribution in [0.25, 0.3) is 0 Å². The van der Waals surface area contributed by atoms with Gasteiger partial charge in [0, 0.05) is 12.5 Å². The summed E-state index contributed by atoms with van der Waals surface area (Å²) in [5.41, 5.74) is -2.17. The average Bonchev–Trinajstić information content (AvgIpc) is 2.02. The maximum atomic E-state index is 13.3. The molecule has 0 aliphatic rings. The Labute approximate surface area is 87.1 Å². The molecule has 0 aromatic heterocycles. The summed E-state index contributed by atoms with van der Waals surface area (Å²) in [4.78, 5) is 21.8. The molecule has 0 saturated carbocycles. The van der Waals surface area contributed by atoms with Crippen LogP contribution in [0.5, 0.6) is 0 Å². The van der Waals surface area contributed by atoms with Crippen molar-refractivity contribution in [2.45, 2.75) is 39.2 Å². The van der Waals surface area contributed by atoms with Gasteiger partial charge < -0.3 is 4.74 Å². The van der Waals surface area contributed by atoms with Crippen LogP contribution in [0.1, 0.15) is 27.7 Å². The first kappa shape index (κ1) is 13.7. The fourth-order valence-corrected chi connectivity index (χ4v) is 0.807. The van der Waals surface area contributed by atoms with Gasteiger partial charge in [-0.3, -0.25) is 4.79 Å². The topological polar surface area (TPSA) is 43.4 Å². The molecule has 0 rings (SSSR count). The zero-order valence-electron chi connectivity index (χ0n) is 9.19. The third-order valence-corrected chi connectivity index (χ3v) is 1.89. The number of hydrogen-bond donors (Lipinski definition) is 0. The molecule has 0 heterocycles. The molecule has 0 aromatic rings. The van der Waals surface area contributed by atoms with E-state index < -0.39 is 23.3 Å². The van der Waals surface area contributed by atoms with Crippen LogP contribution in [0, 0.1) is 0 Å². The second kappa shape index (κ2) is 4.08. The van der Waals surface area contributed by atoms with E-state index in [4.69, 9.17) is 0 Å². The van der Waals surface area contributed by atoms with E-state index in [9.17, 15) is 18.4 Å². The van der Waals surface area contributed by atoms with Crippen LogP contribution in [0.15, 0.2) is 12.2 Å². The quantitative estimate of drug-likeness (QED) is 0.538. The van der Waals surface area contributed by atoms with Gasteiger partial charge in [0.05, 0.1) is 0 Å². The van der Waals surface area contributed by atoms with E-state index in [2.05, 4.69) is 11.3 Å². The number of carbonyl (C=O) groups excluding carboxylic acids is 2. The lowest BCUT2D eigenvalue weighted by molar-refractivity contribution is -0.198. The van der Waals surface area contributed by atoms with Crippen LogP contribution >= 0.6 is 0 Å². The summed E-state index contributed by atoms with van der Waals surface area (Å²) < 4.78 is 31.1. The van der Waals surface area contributed by atoms with Crippen molar-refractivity contribution in [3.63, 3.8) is 0 Å². The first-order valence-electron chi connectivity index (χ1n) is 4.30. The molecule has 0 aliphatic carbocycles. The number of alkyl halides is 2. The molecule has 86 valence electrons. The molecule has 0 aliphatic heterocycles. The lowest BCUT2D eigenvalue weighted by Gasteiger charge is -2.31. The second-order valence-electron chi connectivity index (χ2n) is 3.81. The fraction of sp³-hybridized carbons (Fsp3) is 0.600. The molecule has 0 N–H and O–H groups in total. The van der Waals surface area contributed by atoms with Crippen LogP contribution in [0.3, 0.4) is 0 Å². The van der Waals surface area contributed by atoms with Gasteiger partial charge in [0.25, 0.3) is 0 Å². The molecule has 0 bridgehead atoms. The SMILES string of the molecule is C=C(C)C(=O)OC(C)(C)C(F)(F)C(C)=O. The van der Waals surface area contributed by atoms with Gasteiger partial charge in [-0.2, -0.15) is 8.78 Å². The van der Waals surface area contributed by atoms with Crippen molar-refractivity contribution >= 4 is 11.8 Å². The molecule has 5 heteroatoms. The van der Waals surface area contributed by atoms with E-state index in [0.717, 1.165) is 20.8 Å². The Bertz CT molecular complexity index is 306. The zero-order chi connectivity index (χ0) is 12.4. The summed E-state index contributed by atoms with van der Waals surface area (Å²) in [5.74, 6) is -6.00. The average molecular weight is 220 g/mol. The summed E-state index contributed by atoms with van der Waals surface area (Å²) in [7, 11) is 0. The van der Waals surface area contributed by atoms with E-state index in [0.29, 0.717) is 0 Å². The molecule has 0 spiro atoms. The maximum Gasteiger partial charge on any atom is 0.343 e. The van der Waals surface area contributed by atoms with Crippen LogP contribution in [-0.4, -0.2) is 23.3 Å². The standard InChI is InChI=1S/C10H14F2O3/c1-6(2)8(14)15-9(4,5)10(11,12)7(3)13/h1H2,2-5H3. The van der Waals surface area contributed by atoms with Gasteiger partial charge in [-0.25, -0.2) is 4.79 Å². The highest BCUT2D eigenvalue weighted by Crippen LogP contribution is 2.33. The van der Waals surface area contributed by atoms with E-state index in [1.807, 2.05) is 0 Å². The Morgan fingerprint density at radius 1 is 1.20 bits per heavy atom. The van der Waals surface area contributed by atoms with Crippen LogP contribution in [-0.2, 0) is 14.3 Å². The maximum absolute atomic E-state index is 13.3. The van der Waals surface area contributed by atoms with Crippen molar-refractivity contribution in [2.24, 2.45) is 0 Å². The van der Waals surface area contributed by atoms with E-state index in [1.165, 1.54) is 6.92 Å².